The zero-order valence-corrected chi connectivity index (χ0v) is 12.0. The maximum Gasteiger partial charge on any atom is 0.186 e. The first-order valence-electron chi connectivity index (χ1n) is 6.65. The van der Waals surface area contributed by atoms with Crippen LogP contribution in [0.25, 0.3) is 0 Å². The molecule has 2 rings (SSSR count). The predicted molar refractivity (Wildman–Crippen MR) is 84.9 cm³/mol. The van der Waals surface area contributed by atoms with E-state index < -0.39 is 0 Å². The van der Waals surface area contributed by atoms with E-state index in [4.69, 9.17) is 12.2 Å². The highest BCUT2D eigenvalue weighted by Crippen LogP contribution is 2.19. The van der Waals surface area contributed by atoms with Crippen LogP contribution >= 0.6 is 12.2 Å². The lowest BCUT2D eigenvalue weighted by Crippen LogP contribution is -2.29. The first-order valence-corrected chi connectivity index (χ1v) is 7.06. The normalized spacial score (nSPS) is 15.5. The van der Waals surface area contributed by atoms with Gasteiger partial charge in [-0.2, -0.15) is 5.10 Å². The zero-order chi connectivity index (χ0) is 13.5. The van der Waals surface area contributed by atoms with Crippen molar-refractivity contribution in [2.45, 2.75) is 19.3 Å². The van der Waals surface area contributed by atoms with E-state index >= 15 is 0 Å². The third-order valence-corrected chi connectivity index (χ3v) is 3.52. The van der Waals surface area contributed by atoms with Gasteiger partial charge in [0.25, 0.3) is 0 Å². The van der Waals surface area contributed by atoms with Crippen LogP contribution in [-0.2, 0) is 0 Å². The Morgan fingerprint density at radius 2 is 1.89 bits per heavy atom. The van der Waals surface area contributed by atoms with E-state index in [9.17, 15) is 0 Å². The van der Waals surface area contributed by atoms with Crippen molar-refractivity contribution >= 4 is 29.2 Å². The molecule has 1 aromatic carbocycles. The number of benzene rings is 1. The van der Waals surface area contributed by atoms with Gasteiger partial charge in [0, 0.05) is 25.8 Å². The molecule has 0 radical (unpaired) electrons. The monoisotopic (exact) mass is 276 g/mol. The summed E-state index contributed by atoms with van der Waals surface area (Å²) < 4.78 is 0. The van der Waals surface area contributed by atoms with E-state index in [0.717, 1.165) is 5.56 Å². The van der Waals surface area contributed by atoms with Gasteiger partial charge in [0.1, 0.15) is 0 Å². The van der Waals surface area contributed by atoms with Crippen LogP contribution in [0.2, 0.25) is 0 Å². The second kappa shape index (κ2) is 7.09. The molecule has 1 heterocycles. The van der Waals surface area contributed by atoms with Crippen molar-refractivity contribution in [3.05, 3.63) is 29.8 Å². The Morgan fingerprint density at radius 3 is 2.53 bits per heavy atom. The number of hydrazone groups is 1. The van der Waals surface area contributed by atoms with Crippen molar-refractivity contribution in [2.24, 2.45) is 5.10 Å². The van der Waals surface area contributed by atoms with Gasteiger partial charge in [-0.1, -0.05) is 12.1 Å². The molecule has 0 amide bonds. The van der Waals surface area contributed by atoms with Crippen molar-refractivity contribution in [1.29, 1.82) is 0 Å². The Hall–Kier alpha value is -1.62. The number of rotatable bonds is 3. The Kier molecular flexibility index (Phi) is 5.15. The van der Waals surface area contributed by atoms with Crippen molar-refractivity contribution in [1.82, 2.24) is 10.7 Å². The lowest BCUT2D eigenvalue weighted by Gasteiger charge is -2.28. The van der Waals surface area contributed by atoms with E-state index in [0.29, 0.717) is 5.11 Å². The molecule has 1 aliphatic rings. The van der Waals surface area contributed by atoms with Crippen LogP contribution in [-0.4, -0.2) is 31.5 Å². The summed E-state index contributed by atoms with van der Waals surface area (Å²) in [5.74, 6) is 0. The number of piperidine rings is 1. The molecule has 1 aliphatic heterocycles. The van der Waals surface area contributed by atoms with Gasteiger partial charge in [0.05, 0.1) is 6.21 Å². The highest BCUT2D eigenvalue weighted by molar-refractivity contribution is 7.80. The Bertz CT molecular complexity index is 435. The molecule has 5 heteroatoms. The molecular weight excluding hydrogens is 256 g/mol. The van der Waals surface area contributed by atoms with E-state index in [1.54, 1.807) is 13.3 Å². The first-order chi connectivity index (χ1) is 9.29. The smallest absolute Gasteiger partial charge is 0.186 e. The minimum absolute atomic E-state index is 0.515. The van der Waals surface area contributed by atoms with Crippen LogP contribution in [0.1, 0.15) is 24.8 Å². The molecule has 0 bridgehead atoms. The van der Waals surface area contributed by atoms with Crippen molar-refractivity contribution in [2.75, 3.05) is 25.0 Å². The summed E-state index contributed by atoms with van der Waals surface area (Å²) in [6.45, 7) is 2.34. The third kappa shape index (κ3) is 4.21. The quantitative estimate of drug-likeness (QED) is 0.504. The summed E-state index contributed by atoms with van der Waals surface area (Å²) >= 11 is 4.93. The minimum Gasteiger partial charge on any atom is -0.372 e. The highest BCUT2D eigenvalue weighted by Gasteiger charge is 2.09. The SMILES string of the molecule is CNC(=S)N/N=C/c1ccc(N2CCCCC2)cc1. The van der Waals surface area contributed by atoms with Crippen LogP contribution in [0.4, 0.5) is 5.69 Å². The van der Waals surface area contributed by atoms with E-state index in [-0.39, 0.29) is 0 Å². The fourth-order valence-electron chi connectivity index (χ4n) is 2.14. The summed E-state index contributed by atoms with van der Waals surface area (Å²) in [7, 11) is 1.76. The third-order valence-electron chi connectivity index (χ3n) is 3.22. The van der Waals surface area contributed by atoms with Crippen LogP contribution in [0, 0.1) is 0 Å². The van der Waals surface area contributed by atoms with E-state index in [1.807, 2.05) is 0 Å². The van der Waals surface area contributed by atoms with Gasteiger partial charge in [-0.15, -0.1) is 0 Å². The standard InChI is InChI=1S/C14H20N4S/c1-15-14(19)17-16-11-12-5-7-13(8-6-12)18-9-3-2-4-10-18/h5-8,11H,2-4,9-10H2,1H3,(H2,15,17,19)/b16-11+. The number of thiocarbonyl (C=S) groups is 1. The molecule has 0 unspecified atom stereocenters. The van der Waals surface area contributed by atoms with Gasteiger partial charge < -0.3 is 10.2 Å². The largest absolute Gasteiger partial charge is 0.372 e. The average molecular weight is 276 g/mol. The zero-order valence-electron chi connectivity index (χ0n) is 11.2. The van der Waals surface area contributed by atoms with Crippen LogP contribution in [0.3, 0.4) is 0 Å². The van der Waals surface area contributed by atoms with Gasteiger partial charge >= 0.3 is 0 Å². The number of hydrogen-bond donors (Lipinski definition) is 2. The fraction of sp³-hybridized carbons (Fsp3) is 0.429. The summed E-state index contributed by atoms with van der Waals surface area (Å²) in [4.78, 5) is 2.44. The number of nitrogens with one attached hydrogen (secondary N) is 2. The van der Waals surface area contributed by atoms with Gasteiger partial charge in [-0.25, -0.2) is 0 Å². The molecule has 0 spiro atoms. The number of nitrogens with zero attached hydrogens (tertiary/aromatic N) is 2. The fourth-order valence-corrected chi connectivity index (χ4v) is 2.20. The lowest BCUT2D eigenvalue weighted by atomic mass is 10.1. The molecule has 0 atom stereocenters. The molecule has 1 saturated heterocycles. The molecule has 19 heavy (non-hydrogen) atoms. The molecule has 0 aliphatic carbocycles. The maximum absolute atomic E-state index is 4.93. The second-order valence-corrected chi connectivity index (χ2v) is 5.00. The Morgan fingerprint density at radius 1 is 1.21 bits per heavy atom. The van der Waals surface area contributed by atoms with Crippen molar-refractivity contribution < 1.29 is 0 Å². The van der Waals surface area contributed by atoms with Gasteiger partial charge in [0.2, 0.25) is 0 Å². The summed E-state index contributed by atoms with van der Waals surface area (Å²) in [5, 5.41) is 7.38. The van der Waals surface area contributed by atoms with E-state index in [1.165, 1.54) is 38.0 Å². The van der Waals surface area contributed by atoms with Gasteiger partial charge in [0.15, 0.2) is 5.11 Å². The number of hydrogen-bond acceptors (Lipinski definition) is 3. The molecule has 4 nitrogen and oxygen atoms in total. The van der Waals surface area contributed by atoms with Crippen LogP contribution in [0.5, 0.6) is 0 Å². The van der Waals surface area contributed by atoms with Crippen LogP contribution < -0.4 is 15.6 Å². The second-order valence-electron chi connectivity index (χ2n) is 4.59. The molecule has 2 N–H and O–H groups in total. The summed E-state index contributed by atoms with van der Waals surface area (Å²) in [6.07, 6.45) is 5.73. The van der Waals surface area contributed by atoms with Crippen LogP contribution in [0.15, 0.2) is 29.4 Å². The first kappa shape index (κ1) is 13.8. The molecule has 0 aromatic heterocycles. The minimum atomic E-state index is 0.515. The van der Waals surface area contributed by atoms with Crippen molar-refractivity contribution in [3.63, 3.8) is 0 Å². The molecule has 1 aromatic rings. The Balaban J connectivity index is 1.92. The molecule has 1 fully saturated rings. The topological polar surface area (TPSA) is 39.7 Å². The summed E-state index contributed by atoms with van der Waals surface area (Å²) in [5.41, 5.74) is 5.10. The van der Waals surface area contributed by atoms with Gasteiger partial charge in [-0.05, 0) is 49.2 Å². The predicted octanol–water partition coefficient (Wildman–Crippen LogP) is 2.10. The van der Waals surface area contributed by atoms with Gasteiger partial charge in [-0.3, -0.25) is 5.43 Å². The summed E-state index contributed by atoms with van der Waals surface area (Å²) in [6, 6.07) is 8.47. The number of anilines is 1. The molecule has 0 saturated carbocycles. The maximum atomic E-state index is 4.93. The molecule has 102 valence electrons. The van der Waals surface area contributed by atoms with E-state index in [2.05, 4.69) is 45.0 Å². The molecular formula is C14H20N4S. The average Bonchev–Trinajstić information content (AvgIpc) is 2.48. The lowest BCUT2D eigenvalue weighted by molar-refractivity contribution is 0.578. The Labute approximate surface area is 119 Å². The highest BCUT2D eigenvalue weighted by atomic mass is 32.1. The van der Waals surface area contributed by atoms with Crippen molar-refractivity contribution in [3.8, 4) is 0 Å².